The van der Waals surface area contributed by atoms with Crippen molar-refractivity contribution in [2.75, 3.05) is 13.1 Å². The fourth-order valence-corrected chi connectivity index (χ4v) is 3.71. The van der Waals surface area contributed by atoms with Crippen molar-refractivity contribution in [1.82, 2.24) is 4.90 Å². The Balaban J connectivity index is 2.06. The molecule has 1 aliphatic rings. The summed E-state index contributed by atoms with van der Waals surface area (Å²) in [7, 11) is 0. The van der Waals surface area contributed by atoms with E-state index < -0.39 is 0 Å². The Morgan fingerprint density at radius 2 is 2.05 bits per heavy atom. The van der Waals surface area contributed by atoms with Crippen LogP contribution >= 0.6 is 11.8 Å². The molecule has 3 nitrogen and oxygen atoms in total. The number of hydrogen-bond acceptors (Lipinski definition) is 3. The number of fused-ring (bicyclic) bond motifs is 1. The minimum atomic E-state index is -0.0186. The zero-order chi connectivity index (χ0) is 13.8. The van der Waals surface area contributed by atoms with E-state index in [4.69, 9.17) is 0 Å². The predicted octanol–water partition coefficient (Wildman–Crippen LogP) is 3.06. The monoisotopic (exact) mass is 279 g/mol. The minimum Gasteiger partial charge on any atom is -0.508 e. The second kappa shape index (κ2) is 6.33. The van der Waals surface area contributed by atoms with Crippen molar-refractivity contribution in [1.29, 1.82) is 0 Å². The van der Waals surface area contributed by atoms with Crippen LogP contribution in [-0.2, 0) is 11.2 Å². The molecule has 0 saturated carbocycles. The zero-order valence-corrected chi connectivity index (χ0v) is 12.4. The second-order valence-electron chi connectivity index (χ2n) is 4.93. The van der Waals surface area contributed by atoms with Crippen LogP contribution in [0.3, 0.4) is 0 Å². The van der Waals surface area contributed by atoms with Crippen LogP contribution in [0, 0.1) is 0 Å². The van der Waals surface area contributed by atoms with Gasteiger partial charge in [0.2, 0.25) is 5.91 Å². The first-order valence-electron chi connectivity index (χ1n) is 6.93. The minimum absolute atomic E-state index is 0.0186. The number of hydrogen-bond donors (Lipinski definition) is 1. The van der Waals surface area contributed by atoms with Gasteiger partial charge in [0.05, 0.1) is 5.25 Å². The third-order valence-electron chi connectivity index (χ3n) is 3.29. The lowest BCUT2D eigenvalue weighted by Crippen LogP contribution is -2.38. The van der Waals surface area contributed by atoms with Gasteiger partial charge >= 0.3 is 0 Å². The molecule has 1 heterocycles. The van der Waals surface area contributed by atoms with Crippen molar-refractivity contribution >= 4 is 17.7 Å². The molecule has 0 spiro atoms. The van der Waals surface area contributed by atoms with Crippen molar-refractivity contribution in [3.05, 3.63) is 23.8 Å². The average Bonchev–Trinajstić information content (AvgIpc) is 2.80. The fraction of sp³-hybridized carbons (Fsp3) is 0.533. The summed E-state index contributed by atoms with van der Waals surface area (Å²) in [5.74, 6) is 0.524. The molecule has 1 aliphatic heterocycles. The van der Waals surface area contributed by atoms with Gasteiger partial charge in [-0.25, -0.2) is 0 Å². The van der Waals surface area contributed by atoms with Crippen LogP contribution in [0.5, 0.6) is 5.75 Å². The van der Waals surface area contributed by atoms with Crippen molar-refractivity contribution < 1.29 is 9.90 Å². The smallest absolute Gasteiger partial charge is 0.236 e. The van der Waals surface area contributed by atoms with Gasteiger partial charge in [-0.2, -0.15) is 0 Å². The normalized spacial score (nSPS) is 17.3. The summed E-state index contributed by atoms with van der Waals surface area (Å²) >= 11 is 1.63. The van der Waals surface area contributed by atoms with Crippen molar-refractivity contribution in [2.24, 2.45) is 0 Å². The zero-order valence-electron chi connectivity index (χ0n) is 11.6. The van der Waals surface area contributed by atoms with E-state index in [0.717, 1.165) is 42.8 Å². The van der Waals surface area contributed by atoms with Gasteiger partial charge in [0.15, 0.2) is 0 Å². The highest BCUT2D eigenvalue weighted by Crippen LogP contribution is 2.39. The first kappa shape index (κ1) is 14.3. The van der Waals surface area contributed by atoms with Gasteiger partial charge in [-0.1, -0.05) is 13.8 Å². The Hall–Kier alpha value is -1.16. The number of amides is 1. The van der Waals surface area contributed by atoms with E-state index in [9.17, 15) is 9.90 Å². The molecule has 104 valence electrons. The van der Waals surface area contributed by atoms with Crippen LogP contribution in [-0.4, -0.2) is 34.3 Å². The van der Waals surface area contributed by atoms with Gasteiger partial charge in [0.1, 0.15) is 5.75 Å². The molecule has 19 heavy (non-hydrogen) atoms. The Labute approximate surface area is 119 Å². The lowest BCUT2D eigenvalue weighted by atomic mass is 10.1. The number of carbonyl (C=O) groups is 1. The van der Waals surface area contributed by atoms with Gasteiger partial charge in [-0.3, -0.25) is 4.79 Å². The number of nitrogens with zero attached hydrogens (tertiary/aromatic N) is 1. The van der Waals surface area contributed by atoms with Crippen molar-refractivity contribution in [3.8, 4) is 5.75 Å². The lowest BCUT2D eigenvalue weighted by molar-refractivity contribution is -0.130. The molecule has 0 aromatic heterocycles. The van der Waals surface area contributed by atoms with Gasteiger partial charge in [-0.15, -0.1) is 11.8 Å². The number of phenolic OH excluding ortho intramolecular Hbond substituents is 1. The molecule has 4 heteroatoms. The maximum Gasteiger partial charge on any atom is 0.236 e. The highest BCUT2D eigenvalue weighted by Gasteiger charge is 2.31. The first-order chi connectivity index (χ1) is 9.15. The van der Waals surface area contributed by atoms with Crippen LogP contribution in [0.1, 0.15) is 32.3 Å². The number of carbonyl (C=O) groups excluding carboxylic acids is 1. The highest BCUT2D eigenvalue weighted by atomic mass is 32.2. The standard InChI is InChI=1S/C15H21NO2S/c1-3-7-16(8-4-2)15(18)14-10-11-9-12(17)5-6-13(11)19-14/h5-6,9,14,17H,3-4,7-8,10H2,1-2H3. The molecule has 1 atom stereocenters. The molecule has 1 aromatic rings. The molecule has 0 bridgehead atoms. The molecule has 0 saturated heterocycles. The molecule has 0 fully saturated rings. The van der Waals surface area contributed by atoms with Gasteiger partial charge in [-0.05, 0) is 43.0 Å². The Morgan fingerprint density at radius 1 is 1.37 bits per heavy atom. The summed E-state index contributed by atoms with van der Waals surface area (Å²) in [4.78, 5) is 15.6. The Bertz CT molecular complexity index is 455. The molecule has 1 unspecified atom stereocenters. The summed E-state index contributed by atoms with van der Waals surface area (Å²) in [5, 5.41) is 9.48. The van der Waals surface area contributed by atoms with Gasteiger partial charge in [0.25, 0.3) is 0 Å². The van der Waals surface area contributed by atoms with E-state index in [-0.39, 0.29) is 16.9 Å². The number of phenols is 1. The number of rotatable bonds is 5. The number of thioether (sulfide) groups is 1. The van der Waals surface area contributed by atoms with Gasteiger partial charge in [0, 0.05) is 18.0 Å². The van der Waals surface area contributed by atoms with E-state index in [0.29, 0.717) is 0 Å². The molecular formula is C15H21NO2S. The van der Waals surface area contributed by atoms with Crippen LogP contribution < -0.4 is 0 Å². The van der Waals surface area contributed by atoms with E-state index in [1.807, 2.05) is 11.0 Å². The van der Waals surface area contributed by atoms with Gasteiger partial charge < -0.3 is 10.0 Å². The molecule has 1 amide bonds. The lowest BCUT2D eigenvalue weighted by Gasteiger charge is -2.24. The Morgan fingerprint density at radius 3 is 2.68 bits per heavy atom. The van der Waals surface area contributed by atoms with Crippen molar-refractivity contribution in [2.45, 2.75) is 43.3 Å². The third-order valence-corrected chi connectivity index (χ3v) is 4.60. The maximum absolute atomic E-state index is 12.5. The molecule has 0 aliphatic carbocycles. The van der Waals surface area contributed by atoms with E-state index in [1.54, 1.807) is 23.9 Å². The quantitative estimate of drug-likeness (QED) is 0.900. The van der Waals surface area contributed by atoms with Crippen LogP contribution in [0.4, 0.5) is 0 Å². The van der Waals surface area contributed by atoms with E-state index in [1.165, 1.54) is 0 Å². The largest absolute Gasteiger partial charge is 0.508 e. The topological polar surface area (TPSA) is 40.5 Å². The van der Waals surface area contributed by atoms with Crippen molar-refractivity contribution in [3.63, 3.8) is 0 Å². The molecular weight excluding hydrogens is 258 g/mol. The second-order valence-corrected chi connectivity index (χ2v) is 6.17. The van der Waals surface area contributed by atoms with Crippen LogP contribution in [0.2, 0.25) is 0 Å². The molecule has 0 radical (unpaired) electrons. The maximum atomic E-state index is 12.5. The molecule has 1 N–H and O–H groups in total. The first-order valence-corrected chi connectivity index (χ1v) is 7.81. The average molecular weight is 279 g/mol. The van der Waals surface area contributed by atoms with Crippen LogP contribution in [0.25, 0.3) is 0 Å². The fourth-order valence-electron chi connectivity index (χ4n) is 2.45. The summed E-state index contributed by atoms with van der Waals surface area (Å²) in [5.41, 5.74) is 1.09. The summed E-state index contributed by atoms with van der Waals surface area (Å²) in [6.07, 6.45) is 2.73. The summed E-state index contributed by atoms with van der Waals surface area (Å²) in [6, 6.07) is 5.38. The van der Waals surface area contributed by atoms with E-state index >= 15 is 0 Å². The Kier molecular flexibility index (Phi) is 4.75. The van der Waals surface area contributed by atoms with E-state index in [2.05, 4.69) is 13.8 Å². The van der Waals surface area contributed by atoms with Crippen LogP contribution in [0.15, 0.2) is 23.1 Å². The highest BCUT2D eigenvalue weighted by molar-refractivity contribution is 8.01. The third kappa shape index (κ3) is 3.24. The molecule has 1 aromatic carbocycles. The molecule has 2 rings (SSSR count). The summed E-state index contributed by atoms with van der Waals surface area (Å²) < 4.78 is 0. The number of benzene rings is 1. The summed E-state index contributed by atoms with van der Waals surface area (Å²) in [6.45, 7) is 5.88. The number of aromatic hydroxyl groups is 1. The SMILES string of the molecule is CCCN(CCC)C(=O)C1Cc2cc(O)ccc2S1. The predicted molar refractivity (Wildman–Crippen MR) is 78.6 cm³/mol.